The second kappa shape index (κ2) is 8.37. The zero-order chi connectivity index (χ0) is 24.8. The number of halogens is 6. The summed E-state index contributed by atoms with van der Waals surface area (Å²) in [6.07, 6.45) is -7.86. The van der Waals surface area contributed by atoms with E-state index in [1.807, 2.05) is 0 Å². The Bertz CT molecular complexity index is 1530. The smallest absolute Gasteiger partial charge is 0.411 e. The predicted molar refractivity (Wildman–Crippen MR) is 110 cm³/mol. The van der Waals surface area contributed by atoms with Gasteiger partial charge in [0, 0.05) is 11.1 Å². The Balaban J connectivity index is 1.50. The van der Waals surface area contributed by atoms with Crippen molar-refractivity contribution in [3.63, 3.8) is 0 Å². The minimum Gasteiger partial charge on any atom is -0.411 e. The molecule has 14 heteroatoms. The molecule has 0 spiro atoms. The van der Waals surface area contributed by atoms with Crippen LogP contribution in [0.1, 0.15) is 11.1 Å². The Morgan fingerprint density at radius 2 is 1.46 bits per heavy atom. The molecule has 0 aliphatic heterocycles. The van der Waals surface area contributed by atoms with Crippen molar-refractivity contribution in [2.24, 2.45) is 0 Å². The topological polar surface area (TPSA) is 82.0 Å². The van der Waals surface area contributed by atoms with Crippen molar-refractivity contribution in [2.75, 3.05) is 0 Å². The number of alkyl halides is 6. The lowest BCUT2D eigenvalue weighted by Crippen LogP contribution is -2.05. The first-order chi connectivity index (χ1) is 16.6. The average molecular weight is 508 g/mol. The fourth-order valence-corrected chi connectivity index (χ4v) is 3.91. The summed E-state index contributed by atoms with van der Waals surface area (Å²) in [5, 5.41) is 12.0. The molecule has 0 atom stereocenters. The van der Waals surface area contributed by atoms with Crippen LogP contribution in [-0.4, -0.2) is 29.8 Å². The molecule has 3 heterocycles. The lowest BCUT2D eigenvalue weighted by molar-refractivity contribution is -0.138. The third kappa shape index (κ3) is 4.69. The molecule has 5 rings (SSSR count). The van der Waals surface area contributed by atoms with E-state index in [0.29, 0.717) is 5.03 Å². The zero-order valence-corrected chi connectivity index (χ0v) is 17.9. The standard InChI is InChI=1S/C21H10F6N6OS/c22-20(23,24)13-5-1-3-11(7-13)15-9-16(33-18(30-15)28-10-29-33)35-19-32-31-17(34-19)12-4-2-6-14(8-12)21(25,26)27/h1-10H. The average Bonchev–Trinajstić information content (AvgIpc) is 3.48. The number of fused-ring (bicyclic) bond motifs is 1. The van der Waals surface area contributed by atoms with Crippen LogP contribution in [0.15, 0.2) is 75.6 Å². The monoisotopic (exact) mass is 508 g/mol. The van der Waals surface area contributed by atoms with Gasteiger partial charge in [-0.05, 0) is 48.2 Å². The molecular formula is C21H10F6N6OS. The van der Waals surface area contributed by atoms with E-state index >= 15 is 0 Å². The van der Waals surface area contributed by atoms with E-state index < -0.39 is 23.5 Å². The normalized spacial score (nSPS) is 12.4. The van der Waals surface area contributed by atoms with E-state index in [0.717, 1.165) is 36.0 Å². The molecule has 0 amide bonds. The molecule has 0 N–H and O–H groups in total. The number of benzene rings is 2. The molecule has 0 saturated carbocycles. The van der Waals surface area contributed by atoms with E-state index in [2.05, 4.69) is 25.3 Å². The van der Waals surface area contributed by atoms with Crippen molar-refractivity contribution in [1.82, 2.24) is 29.8 Å². The van der Waals surface area contributed by atoms with E-state index in [9.17, 15) is 26.3 Å². The van der Waals surface area contributed by atoms with Crippen LogP contribution in [-0.2, 0) is 12.4 Å². The van der Waals surface area contributed by atoms with Crippen LogP contribution in [0.3, 0.4) is 0 Å². The van der Waals surface area contributed by atoms with Gasteiger partial charge in [0.25, 0.3) is 11.0 Å². The minimum absolute atomic E-state index is 0.0320. The molecule has 0 aliphatic carbocycles. The number of hydrogen-bond acceptors (Lipinski definition) is 7. The van der Waals surface area contributed by atoms with Gasteiger partial charge in [0.2, 0.25) is 5.89 Å². The van der Waals surface area contributed by atoms with E-state index in [4.69, 9.17) is 4.42 Å². The van der Waals surface area contributed by atoms with Crippen molar-refractivity contribution in [3.8, 4) is 22.7 Å². The van der Waals surface area contributed by atoms with Gasteiger partial charge in [-0.1, -0.05) is 18.2 Å². The molecule has 0 radical (unpaired) electrons. The molecule has 0 aliphatic rings. The highest BCUT2D eigenvalue weighted by Crippen LogP contribution is 2.35. The van der Waals surface area contributed by atoms with Gasteiger partial charge in [-0.2, -0.15) is 40.9 Å². The van der Waals surface area contributed by atoms with Crippen molar-refractivity contribution < 1.29 is 30.8 Å². The van der Waals surface area contributed by atoms with Crippen LogP contribution in [0.4, 0.5) is 26.3 Å². The first kappa shape index (κ1) is 22.8. The SMILES string of the molecule is FC(F)(F)c1cccc(-c2cc(Sc3nnc(-c4cccc(C(F)(F)F)c4)o3)n3ncnc3n2)c1. The Morgan fingerprint density at radius 3 is 2.14 bits per heavy atom. The van der Waals surface area contributed by atoms with E-state index in [-0.39, 0.29) is 33.7 Å². The largest absolute Gasteiger partial charge is 0.416 e. The van der Waals surface area contributed by atoms with Gasteiger partial charge in [-0.3, -0.25) is 0 Å². The Hall–Kier alpha value is -3.94. The summed E-state index contributed by atoms with van der Waals surface area (Å²) >= 11 is 0.901. The third-order valence-corrected chi connectivity index (χ3v) is 5.58. The van der Waals surface area contributed by atoms with Gasteiger partial charge in [0.05, 0.1) is 16.8 Å². The molecule has 0 bridgehead atoms. The summed E-state index contributed by atoms with van der Waals surface area (Å²) in [6.45, 7) is 0. The lowest BCUT2D eigenvalue weighted by Gasteiger charge is -2.09. The van der Waals surface area contributed by atoms with E-state index in [1.54, 1.807) is 0 Å². The summed E-state index contributed by atoms with van der Waals surface area (Å²) < 4.78 is 85.3. The first-order valence-corrected chi connectivity index (χ1v) is 10.5. The van der Waals surface area contributed by atoms with Crippen molar-refractivity contribution in [3.05, 3.63) is 72.1 Å². The van der Waals surface area contributed by atoms with Crippen LogP contribution in [0.25, 0.3) is 28.5 Å². The molecule has 5 aromatic rings. The van der Waals surface area contributed by atoms with Gasteiger partial charge in [0.15, 0.2) is 0 Å². The number of aromatic nitrogens is 6. The fraction of sp³-hybridized carbons (Fsp3) is 0.0952. The number of rotatable bonds is 4. The van der Waals surface area contributed by atoms with Crippen LogP contribution < -0.4 is 0 Å². The first-order valence-electron chi connectivity index (χ1n) is 9.65. The number of hydrogen-bond donors (Lipinski definition) is 0. The maximum Gasteiger partial charge on any atom is 0.416 e. The van der Waals surface area contributed by atoms with Gasteiger partial charge >= 0.3 is 12.4 Å². The summed E-state index contributed by atoms with van der Waals surface area (Å²) in [7, 11) is 0. The van der Waals surface area contributed by atoms with Crippen LogP contribution in [0, 0.1) is 0 Å². The Kier molecular flexibility index (Phi) is 5.46. The highest BCUT2D eigenvalue weighted by atomic mass is 32.2. The minimum atomic E-state index is -4.54. The Labute approximate surface area is 195 Å². The molecule has 2 aromatic carbocycles. The second-order valence-corrected chi connectivity index (χ2v) is 8.06. The summed E-state index contributed by atoms with van der Waals surface area (Å²) in [4.78, 5) is 8.25. The molecular weight excluding hydrogens is 498 g/mol. The van der Waals surface area contributed by atoms with Crippen molar-refractivity contribution >= 4 is 17.5 Å². The molecule has 3 aromatic heterocycles. The van der Waals surface area contributed by atoms with Gasteiger partial charge < -0.3 is 4.42 Å². The maximum absolute atomic E-state index is 13.1. The summed E-state index contributed by atoms with van der Waals surface area (Å²) in [5.41, 5.74) is -1.25. The molecule has 7 nitrogen and oxygen atoms in total. The second-order valence-electron chi connectivity index (χ2n) is 7.08. The quantitative estimate of drug-likeness (QED) is 0.217. The molecule has 0 fully saturated rings. The molecule has 35 heavy (non-hydrogen) atoms. The molecule has 178 valence electrons. The third-order valence-electron chi connectivity index (χ3n) is 4.74. The Morgan fingerprint density at radius 1 is 0.800 bits per heavy atom. The van der Waals surface area contributed by atoms with Crippen LogP contribution >= 0.6 is 11.8 Å². The highest BCUT2D eigenvalue weighted by molar-refractivity contribution is 7.99. The maximum atomic E-state index is 13.1. The molecule has 0 saturated heterocycles. The zero-order valence-electron chi connectivity index (χ0n) is 17.0. The summed E-state index contributed by atoms with van der Waals surface area (Å²) in [6, 6.07) is 10.5. The summed E-state index contributed by atoms with van der Waals surface area (Å²) in [5.74, 6) is -0.0272. The van der Waals surface area contributed by atoms with E-state index in [1.165, 1.54) is 41.2 Å². The fourth-order valence-electron chi connectivity index (χ4n) is 3.15. The van der Waals surface area contributed by atoms with Gasteiger partial charge in [-0.15, -0.1) is 10.2 Å². The lowest BCUT2D eigenvalue weighted by atomic mass is 10.1. The van der Waals surface area contributed by atoms with Gasteiger partial charge in [-0.25, -0.2) is 4.98 Å². The molecule has 0 unspecified atom stereocenters. The van der Waals surface area contributed by atoms with Crippen molar-refractivity contribution in [2.45, 2.75) is 22.6 Å². The van der Waals surface area contributed by atoms with Crippen molar-refractivity contribution in [1.29, 1.82) is 0 Å². The van der Waals surface area contributed by atoms with Crippen LogP contribution in [0.2, 0.25) is 0 Å². The number of nitrogens with zero attached hydrogens (tertiary/aromatic N) is 6. The van der Waals surface area contributed by atoms with Crippen LogP contribution in [0.5, 0.6) is 0 Å². The van der Waals surface area contributed by atoms with Gasteiger partial charge in [0.1, 0.15) is 11.4 Å². The predicted octanol–water partition coefficient (Wildman–Crippen LogP) is 6.03. The highest BCUT2D eigenvalue weighted by Gasteiger charge is 2.31.